The third kappa shape index (κ3) is 8.25. The zero-order valence-electron chi connectivity index (χ0n) is 17.3. The van der Waals surface area contributed by atoms with E-state index >= 15 is 0 Å². The van der Waals surface area contributed by atoms with Crippen molar-refractivity contribution in [2.24, 2.45) is 0 Å². The average molecular weight is 398 g/mol. The molecule has 2 rings (SSSR count). The number of hydrogen-bond donors (Lipinski definition) is 3. The van der Waals surface area contributed by atoms with E-state index in [0.29, 0.717) is 23.5 Å². The summed E-state index contributed by atoms with van der Waals surface area (Å²) >= 11 is 0. The van der Waals surface area contributed by atoms with Gasteiger partial charge in [-0.1, -0.05) is 44.7 Å². The summed E-state index contributed by atoms with van der Waals surface area (Å²) in [4.78, 5) is 23.9. The maximum atomic E-state index is 12.2. The number of nitrogens with one attached hydrogen (secondary N) is 3. The van der Waals surface area contributed by atoms with Gasteiger partial charge in [0, 0.05) is 30.1 Å². The second-order valence-electron chi connectivity index (χ2n) is 6.85. The van der Waals surface area contributed by atoms with Crippen molar-refractivity contribution in [1.82, 2.24) is 5.32 Å². The molecule has 0 spiro atoms. The topological polar surface area (TPSA) is 79.5 Å². The predicted octanol–water partition coefficient (Wildman–Crippen LogP) is 4.45. The molecule has 0 heterocycles. The Balaban J connectivity index is 1.78. The number of amides is 2. The zero-order valence-corrected chi connectivity index (χ0v) is 17.3. The molecule has 2 aromatic rings. The summed E-state index contributed by atoms with van der Waals surface area (Å²) in [6.07, 6.45) is 5.96. The van der Waals surface area contributed by atoms with Crippen molar-refractivity contribution < 1.29 is 14.3 Å². The minimum atomic E-state index is -0.174. The van der Waals surface area contributed by atoms with Gasteiger partial charge in [-0.2, -0.15) is 0 Å². The molecule has 0 bridgehead atoms. The maximum Gasteiger partial charge on any atom is 0.251 e. The third-order valence-corrected chi connectivity index (χ3v) is 4.44. The SMILES string of the molecule is CCCCCCCOc1cccc(NC(=O)CNc2cccc(C(=O)NC)c2)c1. The lowest BCUT2D eigenvalue weighted by molar-refractivity contribution is -0.114. The highest BCUT2D eigenvalue weighted by Gasteiger charge is 2.06. The molecule has 0 aliphatic carbocycles. The van der Waals surface area contributed by atoms with Crippen molar-refractivity contribution in [2.45, 2.75) is 39.0 Å². The van der Waals surface area contributed by atoms with Gasteiger partial charge < -0.3 is 20.7 Å². The van der Waals surface area contributed by atoms with Gasteiger partial charge in [-0.15, -0.1) is 0 Å². The first kappa shape index (κ1) is 22.3. The first-order chi connectivity index (χ1) is 14.1. The van der Waals surface area contributed by atoms with Crippen molar-refractivity contribution in [2.75, 3.05) is 30.8 Å². The van der Waals surface area contributed by atoms with Crippen LogP contribution in [0.4, 0.5) is 11.4 Å². The highest BCUT2D eigenvalue weighted by molar-refractivity contribution is 5.96. The molecule has 0 aliphatic rings. The smallest absolute Gasteiger partial charge is 0.251 e. The number of benzene rings is 2. The third-order valence-electron chi connectivity index (χ3n) is 4.44. The first-order valence-electron chi connectivity index (χ1n) is 10.2. The summed E-state index contributed by atoms with van der Waals surface area (Å²) < 4.78 is 5.78. The molecule has 2 amide bonds. The lowest BCUT2D eigenvalue weighted by atomic mass is 10.2. The summed E-state index contributed by atoms with van der Waals surface area (Å²) in [7, 11) is 1.58. The van der Waals surface area contributed by atoms with Crippen LogP contribution >= 0.6 is 0 Å². The Bertz CT molecular complexity index is 792. The standard InChI is InChI=1S/C23H31N3O3/c1-3-4-5-6-7-14-29-21-13-9-12-20(16-21)26-22(27)17-25-19-11-8-10-18(15-19)23(28)24-2/h8-13,15-16,25H,3-7,14,17H2,1-2H3,(H,24,28)(H,26,27). The summed E-state index contributed by atoms with van der Waals surface area (Å²) in [6.45, 7) is 2.98. The molecular formula is C23H31N3O3. The summed E-state index contributed by atoms with van der Waals surface area (Å²) in [5.41, 5.74) is 1.94. The van der Waals surface area contributed by atoms with Crippen LogP contribution in [-0.2, 0) is 4.79 Å². The molecule has 6 heteroatoms. The Morgan fingerprint density at radius 1 is 0.931 bits per heavy atom. The van der Waals surface area contributed by atoms with Crippen LogP contribution in [0.5, 0.6) is 5.75 Å². The molecule has 0 aromatic heterocycles. The van der Waals surface area contributed by atoms with Crippen LogP contribution in [0.15, 0.2) is 48.5 Å². The van der Waals surface area contributed by atoms with Gasteiger partial charge in [-0.05, 0) is 36.8 Å². The van der Waals surface area contributed by atoms with E-state index in [-0.39, 0.29) is 18.4 Å². The number of ether oxygens (including phenoxy) is 1. The van der Waals surface area contributed by atoms with E-state index in [1.54, 1.807) is 25.2 Å². The van der Waals surface area contributed by atoms with Crippen molar-refractivity contribution in [3.63, 3.8) is 0 Å². The fourth-order valence-electron chi connectivity index (χ4n) is 2.86. The van der Waals surface area contributed by atoms with Crippen molar-refractivity contribution >= 4 is 23.2 Å². The number of hydrogen-bond acceptors (Lipinski definition) is 4. The van der Waals surface area contributed by atoms with Crippen LogP contribution in [0.2, 0.25) is 0 Å². The van der Waals surface area contributed by atoms with E-state index in [9.17, 15) is 9.59 Å². The minimum absolute atomic E-state index is 0.0969. The van der Waals surface area contributed by atoms with Gasteiger partial charge in [0.2, 0.25) is 5.91 Å². The van der Waals surface area contributed by atoms with Gasteiger partial charge in [-0.3, -0.25) is 9.59 Å². The summed E-state index contributed by atoms with van der Waals surface area (Å²) in [5, 5.41) is 8.47. The van der Waals surface area contributed by atoms with Crippen LogP contribution in [0.25, 0.3) is 0 Å². The molecule has 0 atom stereocenters. The second kappa shape index (κ2) is 12.4. The van der Waals surface area contributed by atoms with E-state index in [1.165, 1.54) is 25.7 Å². The Kier molecular flexibility index (Phi) is 9.55. The molecule has 2 aromatic carbocycles. The lowest BCUT2D eigenvalue weighted by Crippen LogP contribution is -2.22. The van der Waals surface area contributed by atoms with E-state index < -0.39 is 0 Å². The number of anilines is 2. The molecule has 0 unspecified atom stereocenters. The van der Waals surface area contributed by atoms with Gasteiger partial charge >= 0.3 is 0 Å². The first-order valence-corrected chi connectivity index (χ1v) is 10.2. The van der Waals surface area contributed by atoms with E-state index in [1.807, 2.05) is 30.3 Å². The number of carbonyl (C=O) groups is 2. The molecule has 0 radical (unpaired) electrons. The number of carbonyl (C=O) groups excluding carboxylic acids is 2. The van der Waals surface area contributed by atoms with Crippen LogP contribution < -0.4 is 20.7 Å². The normalized spacial score (nSPS) is 10.3. The Morgan fingerprint density at radius 3 is 2.48 bits per heavy atom. The maximum absolute atomic E-state index is 12.2. The number of rotatable bonds is 12. The monoisotopic (exact) mass is 397 g/mol. The molecular weight excluding hydrogens is 366 g/mol. The van der Waals surface area contributed by atoms with Crippen molar-refractivity contribution in [1.29, 1.82) is 0 Å². The minimum Gasteiger partial charge on any atom is -0.494 e. The molecule has 6 nitrogen and oxygen atoms in total. The molecule has 0 aliphatic heterocycles. The summed E-state index contributed by atoms with van der Waals surface area (Å²) in [6, 6.07) is 14.4. The fourth-order valence-corrected chi connectivity index (χ4v) is 2.86. The van der Waals surface area contributed by atoms with Gasteiger partial charge in [0.25, 0.3) is 5.91 Å². The molecule has 29 heavy (non-hydrogen) atoms. The molecule has 3 N–H and O–H groups in total. The predicted molar refractivity (Wildman–Crippen MR) is 118 cm³/mol. The highest BCUT2D eigenvalue weighted by Crippen LogP contribution is 2.18. The Hall–Kier alpha value is -3.02. The molecule has 156 valence electrons. The van der Waals surface area contributed by atoms with Crippen LogP contribution in [0.1, 0.15) is 49.4 Å². The van der Waals surface area contributed by atoms with Gasteiger partial charge in [0.15, 0.2) is 0 Å². The average Bonchev–Trinajstić information content (AvgIpc) is 2.74. The van der Waals surface area contributed by atoms with Crippen molar-refractivity contribution in [3.8, 4) is 5.75 Å². The quantitative estimate of drug-likeness (QED) is 0.463. The van der Waals surface area contributed by atoms with Crippen molar-refractivity contribution in [3.05, 3.63) is 54.1 Å². The second-order valence-corrected chi connectivity index (χ2v) is 6.85. The van der Waals surface area contributed by atoms with Crippen LogP contribution in [0, 0.1) is 0 Å². The van der Waals surface area contributed by atoms with E-state index in [4.69, 9.17) is 4.74 Å². The molecule has 0 saturated heterocycles. The van der Waals surface area contributed by atoms with Gasteiger partial charge in [0.1, 0.15) is 5.75 Å². The van der Waals surface area contributed by atoms with Crippen LogP contribution in [0.3, 0.4) is 0 Å². The lowest BCUT2D eigenvalue weighted by Gasteiger charge is -2.11. The zero-order chi connectivity index (χ0) is 20.9. The van der Waals surface area contributed by atoms with E-state index in [2.05, 4.69) is 22.9 Å². The largest absolute Gasteiger partial charge is 0.494 e. The van der Waals surface area contributed by atoms with Crippen LogP contribution in [-0.4, -0.2) is 32.0 Å². The Labute approximate surface area is 173 Å². The Morgan fingerprint density at radius 2 is 1.69 bits per heavy atom. The highest BCUT2D eigenvalue weighted by atomic mass is 16.5. The van der Waals surface area contributed by atoms with E-state index in [0.717, 1.165) is 12.2 Å². The fraction of sp³-hybridized carbons (Fsp3) is 0.391. The molecule has 0 fully saturated rings. The molecule has 0 saturated carbocycles. The summed E-state index contributed by atoms with van der Waals surface area (Å²) in [5.74, 6) is 0.414. The number of unbranched alkanes of at least 4 members (excludes halogenated alkanes) is 4. The van der Waals surface area contributed by atoms with Gasteiger partial charge in [0.05, 0.1) is 13.2 Å². The van der Waals surface area contributed by atoms with Gasteiger partial charge in [-0.25, -0.2) is 0 Å².